The highest BCUT2D eigenvalue weighted by molar-refractivity contribution is 5.68. The molecular weight excluding hydrogens is 334 g/mol. The lowest BCUT2D eigenvalue weighted by atomic mass is 9.89. The first kappa shape index (κ1) is 18.5. The molecular formula is C19H33N3O4. The zero-order valence-electron chi connectivity index (χ0n) is 16.2. The van der Waals surface area contributed by atoms with Crippen molar-refractivity contribution in [1.29, 1.82) is 0 Å². The van der Waals surface area contributed by atoms with Gasteiger partial charge in [-0.1, -0.05) is 0 Å². The van der Waals surface area contributed by atoms with Crippen LogP contribution in [0.15, 0.2) is 0 Å². The van der Waals surface area contributed by atoms with Crippen LogP contribution in [0.2, 0.25) is 0 Å². The first-order valence-electron chi connectivity index (χ1n) is 10.0. The zero-order chi connectivity index (χ0) is 18.5. The molecule has 4 unspecified atom stereocenters. The van der Waals surface area contributed by atoms with Gasteiger partial charge in [0, 0.05) is 38.8 Å². The van der Waals surface area contributed by atoms with E-state index in [1.54, 1.807) is 0 Å². The summed E-state index contributed by atoms with van der Waals surface area (Å²) in [5.41, 5.74) is -0.625. The Kier molecular flexibility index (Phi) is 4.70. The fourth-order valence-corrected chi connectivity index (χ4v) is 5.30. The predicted octanol–water partition coefficient (Wildman–Crippen LogP) is 1.36. The van der Waals surface area contributed by atoms with Gasteiger partial charge in [0.2, 0.25) is 6.41 Å². The minimum Gasteiger partial charge on any atom is -0.444 e. The van der Waals surface area contributed by atoms with Gasteiger partial charge >= 0.3 is 6.09 Å². The van der Waals surface area contributed by atoms with Gasteiger partial charge in [0.05, 0.1) is 5.60 Å². The van der Waals surface area contributed by atoms with Gasteiger partial charge in [-0.2, -0.15) is 0 Å². The number of nitrogens with one attached hydrogen (secondary N) is 1. The summed E-state index contributed by atoms with van der Waals surface area (Å²) in [5, 5.41) is 12.6. The first-order valence-corrected chi connectivity index (χ1v) is 10.0. The smallest absolute Gasteiger partial charge is 0.410 e. The summed E-state index contributed by atoms with van der Waals surface area (Å²) >= 11 is 0. The van der Waals surface area contributed by atoms with E-state index in [-0.39, 0.29) is 11.7 Å². The molecule has 1 amide bonds. The highest BCUT2D eigenvalue weighted by Crippen LogP contribution is 2.42. The van der Waals surface area contributed by atoms with Crippen LogP contribution in [0, 0.1) is 11.8 Å². The van der Waals surface area contributed by atoms with Gasteiger partial charge < -0.3 is 19.5 Å². The summed E-state index contributed by atoms with van der Waals surface area (Å²) in [4.78, 5) is 17.0. The minimum atomic E-state index is -0.811. The molecule has 3 aliphatic heterocycles. The van der Waals surface area contributed by atoms with E-state index in [0.717, 1.165) is 45.6 Å². The third-order valence-corrected chi connectivity index (χ3v) is 6.48. The number of hydrogen-bond donors (Lipinski definition) is 2. The van der Waals surface area contributed by atoms with Crippen LogP contribution in [0.25, 0.3) is 0 Å². The Hall–Kier alpha value is -0.890. The molecule has 148 valence electrons. The maximum atomic E-state index is 12.5. The average molecular weight is 367 g/mol. The molecule has 1 aliphatic carbocycles. The number of piperidine rings is 2. The monoisotopic (exact) mass is 367 g/mol. The maximum Gasteiger partial charge on any atom is 0.410 e. The van der Waals surface area contributed by atoms with Gasteiger partial charge in [-0.05, 0) is 58.3 Å². The number of ether oxygens (including phenoxy) is 2. The molecule has 0 aromatic carbocycles. The van der Waals surface area contributed by atoms with Gasteiger partial charge in [0.25, 0.3) is 0 Å². The molecule has 2 bridgehead atoms. The van der Waals surface area contributed by atoms with Crippen LogP contribution >= 0.6 is 0 Å². The average Bonchev–Trinajstić information content (AvgIpc) is 3.06. The van der Waals surface area contributed by atoms with Crippen molar-refractivity contribution < 1.29 is 19.4 Å². The molecule has 4 rings (SSSR count). The fourth-order valence-electron chi connectivity index (χ4n) is 5.30. The lowest BCUT2D eigenvalue weighted by Crippen LogP contribution is -2.52. The maximum absolute atomic E-state index is 12.5. The summed E-state index contributed by atoms with van der Waals surface area (Å²) in [6, 6.07) is 0.559. The Balaban J connectivity index is 1.34. The van der Waals surface area contributed by atoms with E-state index in [4.69, 9.17) is 9.47 Å². The third kappa shape index (κ3) is 3.72. The van der Waals surface area contributed by atoms with Gasteiger partial charge in [-0.3, -0.25) is 10.2 Å². The topological polar surface area (TPSA) is 74.3 Å². The van der Waals surface area contributed by atoms with Crippen LogP contribution < -0.4 is 5.32 Å². The third-order valence-electron chi connectivity index (χ3n) is 6.48. The highest BCUT2D eigenvalue weighted by atomic mass is 16.6. The van der Waals surface area contributed by atoms with Crippen LogP contribution in [0.4, 0.5) is 4.79 Å². The second-order valence-electron chi connectivity index (χ2n) is 9.62. The Morgan fingerprint density at radius 1 is 1.23 bits per heavy atom. The molecule has 4 atom stereocenters. The number of amides is 1. The van der Waals surface area contributed by atoms with Crippen molar-refractivity contribution in [3.63, 3.8) is 0 Å². The van der Waals surface area contributed by atoms with Crippen molar-refractivity contribution in [3.05, 3.63) is 0 Å². The van der Waals surface area contributed by atoms with Gasteiger partial charge in [-0.25, -0.2) is 4.79 Å². The predicted molar refractivity (Wildman–Crippen MR) is 96.4 cm³/mol. The van der Waals surface area contributed by atoms with E-state index < -0.39 is 12.0 Å². The van der Waals surface area contributed by atoms with Crippen molar-refractivity contribution in [2.24, 2.45) is 11.8 Å². The molecule has 3 saturated heterocycles. The van der Waals surface area contributed by atoms with Gasteiger partial charge in [0.1, 0.15) is 5.60 Å². The number of likely N-dealkylation sites (tertiary alicyclic amines) is 2. The minimum absolute atomic E-state index is 0.162. The molecule has 0 radical (unpaired) electrons. The quantitative estimate of drug-likeness (QED) is 0.729. The number of aliphatic hydroxyl groups excluding tert-OH is 1. The van der Waals surface area contributed by atoms with Crippen LogP contribution in [0.1, 0.15) is 46.5 Å². The first-order chi connectivity index (χ1) is 12.2. The Morgan fingerprint density at radius 3 is 2.58 bits per heavy atom. The standard InChI is InChI=1S/C19H33N3O4/c1-18(2,3)26-17(24)22-10-13-8-14(11-22)15(9-13)21-6-4-19(5-7-21)12-20-16(23)25-19/h13-16,20,23H,4-12H2,1-3H3. The largest absolute Gasteiger partial charge is 0.444 e. The van der Waals surface area contributed by atoms with Gasteiger partial charge in [0.15, 0.2) is 0 Å². The molecule has 7 nitrogen and oxygen atoms in total. The molecule has 1 spiro atoms. The van der Waals surface area contributed by atoms with E-state index in [1.165, 1.54) is 12.8 Å². The summed E-state index contributed by atoms with van der Waals surface area (Å²) in [6.45, 7) is 10.2. The number of hydrogen-bond acceptors (Lipinski definition) is 6. The fraction of sp³-hybridized carbons (Fsp3) is 0.947. The summed E-state index contributed by atoms with van der Waals surface area (Å²) < 4.78 is 11.3. The Labute approximate surface area is 156 Å². The molecule has 7 heteroatoms. The summed E-state index contributed by atoms with van der Waals surface area (Å²) in [5.74, 6) is 1.14. The molecule has 1 saturated carbocycles. The summed E-state index contributed by atoms with van der Waals surface area (Å²) in [6.07, 6.45) is 3.35. The van der Waals surface area contributed by atoms with E-state index in [2.05, 4.69) is 10.2 Å². The molecule has 0 aromatic rings. The molecule has 0 aromatic heterocycles. The second kappa shape index (κ2) is 6.62. The number of nitrogens with zero attached hydrogens (tertiary/aromatic N) is 2. The van der Waals surface area contributed by atoms with Crippen LogP contribution in [-0.4, -0.2) is 77.4 Å². The number of carbonyl (C=O) groups excluding carboxylic acids is 1. The van der Waals surface area contributed by atoms with Crippen molar-refractivity contribution in [1.82, 2.24) is 15.1 Å². The molecule has 4 fully saturated rings. The number of fused-ring (bicyclic) bond motifs is 2. The zero-order valence-corrected chi connectivity index (χ0v) is 16.2. The molecule has 26 heavy (non-hydrogen) atoms. The van der Waals surface area contributed by atoms with Crippen LogP contribution in [0.5, 0.6) is 0 Å². The van der Waals surface area contributed by atoms with Crippen molar-refractivity contribution >= 4 is 6.09 Å². The van der Waals surface area contributed by atoms with E-state index in [9.17, 15) is 9.90 Å². The van der Waals surface area contributed by atoms with E-state index in [0.29, 0.717) is 17.9 Å². The van der Waals surface area contributed by atoms with Crippen molar-refractivity contribution in [2.75, 3.05) is 32.7 Å². The molecule has 4 aliphatic rings. The Morgan fingerprint density at radius 2 is 1.96 bits per heavy atom. The SMILES string of the molecule is CC(C)(C)OC(=O)N1CC2CC(C1)C(N1CCC3(CC1)CNC(O)O3)C2. The normalized spacial score (nSPS) is 37.3. The highest BCUT2D eigenvalue weighted by Gasteiger charge is 2.48. The number of carbonyl (C=O) groups is 1. The van der Waals surface area contributed by atoms with E-state index in [1.807, 2.05) is 25.7 Å². The van der Waals surface area contributed by atoms with Crippen molar-refractivity contribution in [3.8, 4) is 0 Å². The number of rotatable bonds is 1. The van der Waals surface area contributed by atoms with Crippen LogP contribution in [0.3, 0.4) is 0 Å². The van der Waals surface area contributed by atoms with E-state index >= 15 is 0 Å². The molecule has 2 N–H and O–H groups in total. The second-order valence-corrected chi connectivity index (χ2v) is 9.62. The Bertz CT molecular complexity index is 541. The van der Waals surface area contributed by atoms with Crippen molar-refractivity contribution in [2.45, 2.75) is 70.1 Å². The lowest BCUT2D eigenvalue weighted by molar-refractivity contribution is -0.159. The van der Waals surface area contributed by atoms with Gasteiger partial charge in [-0.15, -0.1) is 0 Å². The number of aliphatic hydroxyl groups is 1. The molecule has 3 heterocycles. The van der Waals surface area contributed by atoms with Crippen LogP contribution in [-0.2, 0) is 9.47 Å². The lowest BCUT2D eigenvalue weighted by Gasteiger charge is -2.42. The summed E-state index contributed by atoms with van der Waals surface area (Å²) in [7, 11) is 0.